The van der Waals surface area contributed by atoms with Crippen LogP contribution >= 0.6 is 11.8 Å². The lowest BCUT2D eigenvalue weighted by molar-refractivity contribution is -0.116. The van der Waals surface area contributed by atoms with Gasteiger partial charge in [0.2, 0.25) is 0 Å². The fourth-order valence-electron chi connectivity index (χ4n) is 5.72. The van der Waals surface area contributed by atoms with E-state index in [0.717, 1.165) is 74.3 Å². The number of thioether (sulfide) groups is 1. The van der Waals surface area contributed by atoms with Crippen molar-refractivity contribution in [3.05, 3.63) is 64.7 Å². The van der Waals surface area contributed by atoms with Gasteiger partial charge in [0.1, 0.15) is 11.5 Å². The minimum Gasteiger partial charge on any atom is -0.457 e. The van der Waals surface area contributed by atoms with Gasteiger partial charge in [-0.2, -0.15) is 0 Å². The molecule has 4 aliphatic rings. The molecule has 3 unspecified atom stereocenters. The molecule has 10 heteroatoms. The van der Waals surface area contributed by atoms with E-state index in [1.807, 2.05) is 60.4 Å². The number of ether oxygens (including phenoxy) is 2. The van der Waals surface area contributed by atoms with Crippen molar-refractivity contribution in [1.29, 1.82) is 0 Å². The van der Waals surface area contributed by atoms with Gasteiger partial charge in [-0.05, 0) is 55.8 Å². The van der Waals surface area contributed by atoms with E-state index < -0.39 is 0 Å². The van der Waals surface area contributed by atoms with Crippen LogP contribution in [0.4, 0.5) is 10.5 Å². The number of benzene rings is 2. The summed E-state index contributed by atoms with van der Waals surface area (Å²) in [6, 6.07) is 15.3. The number of carbonyl (C=O) groups excluding carboxylic acids is 2. The Morgan fingerprint density at radius 3 is 2.76 bits per heavy atom. The van der Waals surface area contributed by atoms with Crippen molar-refractivity contribution < 1.29 is 19.1 Å². The quantitative estimate of drug-likeness (QED) is 0.502. The molecule has 3 fully saturated rings. The van der Waals surface area contributed by atoms with Gasteiger partial charge in [0, 0.05) is 43.5 Å². The molecule has 38 heavy (non-hydrogen) atoms. The van der Waals surface area contributed by atoms with Gasteiger partial charge < -0.3 is 25.4 Å². The number of piperidine rings is 1. The first kappa shape index (κ1) is 25.2. The van der Waals surface area contributed by atoms with Crippen LogP contribution in [0.1, 0.15) is 12.0 Å². The van der Waals surface area contributed by atoms with Crippen LogP contribution in [0.25, 0.3) is 0 Å². The van der Waals surface area contributed by atoms with Gasteiger partial charge in [0.25, 0.3) is 5.91 Å². The number of rotatable bonds is 7. The Hall–Kier alpha value is -3.05. The molecule has 0 spiro atoms. The summed E-state index contributed by atoms with van der Waals surface area (Å²) in [6.45, 7) is 7.40. The number of aryl methyl sites for hydroxylation is 1. The Labute approximate surface area is 226 Å². The van der Waals surface area contributed by atoms with E-state index in [4.69, 9.17) is 9.47 Å². The van der Waals surface area contributed by atoms with Gasteiger partial charge in [-0.1, -0.05) is 30.0 Å². The number of anilines is 1. The van der Waals surface area contributed by atoms with Crippen LogP contribution in [-0.4, -0.2) is 74.2 Å². The number of hydrogen-bond donors (Lipinski definition) is 3. The van der Waals surface area contributed by atoms with Crippen molar-refractivity contribution in [2.75, 3.05) is 50.8 Å². The first-order valence-electron chi connectivity index (χ1n) is 13.2. The Morgan fingerprint density at radius 1 is 1.16 bits per heavy atom. The Bertz CT molecular complexity index is 1230. The smallest absolute Gasteiger partial charge is 0.326 e. The summed E-state index contributed by atoms with van der Waals surface area (Å²) < 4.78 is 11.4. The van der Waals surface area contributed by atoms with Crippen molar-refractivity contribution in [3.63, 3.8) is 0 Å². The van der Waals surface area contributed by atoms with Crippen LogP contribution in [0.5, 0.6) is 11.5 Å². The van der Waals surface area contributed by atoms with Gasteiger partial charge in [0.15, 0.2) is 0 Å². The molecule has 4 aliphatic heterocycles. The van der Waals surface area contributed by atoms with E-state index in [9.17, 15) is 9.59 Å². The predicted molar refractivity (Wildman–Crippen MR) is 147 cm³/mol. The van der Waals surface area contributed by atoms with Crippen LogP contribution in [0, 0.1) is 12.8 Å². The standard InChI is InChI=1S/C28H33N5O4S/c1-18-17-20(37-19-5-3-2-4-6-19)7-8-21(18)33-22-9-10-30-27-23(22)24(31-28(33)35)25(38-27)26(34)29-11-12-32-13-15-36-16-14-32/h2-8,17,22-23,27,30H,9-16H2,1H3,(H,29,34)(H,31,35). The summed E-state index contributed by atoms with van der Waals surface area (Å²) in [6.07, 6.45) is 0.812. The normalized spacial score (nSPS) is 25.1. The maximum Gasteiger partial charge on any atom is 0.326 e. The van der Waals surface area contributed by atoms with E-state index >= 15 is 0 Å². The number of para-hydroxylation sites is 1. The molecule has 4 heterocycles. The third-order valence-corrected chi connectivity index (χ3v) is 8.93. The van der Waals surface area contributed by atoms with Crippen molar-refractivity contribution >= 4 is 29.4 Å². The first-order valence-corrected chi connectivity index (χ1v) is 14.1. The van der Waals surface area contributed by atoms with E-state index in [0.29, 0.717) is 11.4 Å². The van der Waals surface area contributed by atoms with Crippen LogP contribution in [0.15, 0.2) is 59.1 Å². The Morgan fingerprint density at radius 2 is 1.97 bits per heavy atom. The van der Waals surface area contributed by atoms with Gasteiger partial charge in [-0.25, -0.2) is 4.79 Å². The highest BCUT2D eigenvalue weighted by Gasteiger charge is 2.51. The molecule has 2 aromatic carbocycles. The van der Waals surface area contributed by atoms with Crippen molar-refractivity contribution in [2.45, 2.75) is 24.8 Å². The van der Waals surface area contributed by atoms with E-state index in [1.54, 1.807) is 0 Å². The number of nitrogens with one attached hydrogen (secondary N) is 3. The molecule has 3 N–H and O–H groups in total. The highest BCUT2D eigenvalue weighted by molar-refractivity contribution is 8.04. The third kappa shape index (κ3) is 5.01. The SMILES string of the molecule is Cc1cc(Oc2ccccc2)ccc1N1C(=O)NC2=C(C(=O)NCCN3CCOCC3)SC3NCCC1C23. The van der Waals surface area contributed by atoms with E-state index in [-0.39, 0.29) is 29.3 Å². The van der Waals surface area contributed by atoms with Crippen molar-refractivity contribution in [3.8, 4) is 11.5 Å². The fraction of sp³-hybridized carbons (Fsp3) is 0.429. The molecule has 3 atom stereocenters. The zero-order valence-corrected chi connectivity index (χ0v) is 22.3. The monoisotopic (exact) mass is 535 g/mol. The lowest BCUT2D eigenvalue weighted by atomic mass is 9.86. The molecule has 0 radical (unpaired) electrons. The highest BCUT2D eigenvalue weighted by atomic mass is 32.2. The average Bonchev–Trinajstić information content (AvgIpc) is 3.30. The van der Waals surface area contributed by atoms with Crippen molar-refractivity contribution in [2.24, 2.45) is 5.92 Å². The zero-order chi connectivity index (χ0) is 26.1. The molecule has 0 aliphatic carbocycles. The second kappa shape index (κ2) is 11.0. The van der Waals surface area contributed by atoms with E-state index in [1.165, 1.54) is 11.8 Å². The number of hydrogen-bond acceptors (Lipinski definition) is 7. The summed E-state index contributed by atoms with van der Waals surface area (Å²) in [7, 11) is 0. The fourth-order valence-corrected chi connectivity index (χ4v) is 7.13. The summed E-state index contributed by atoms with van der Waals surface area (Å²) in [4.78, 5) is 31.5. The lowest BCUT2D eigenvalue weighted by Crippen LogP contribution is -2.62. The van der Waals surface area contributed by atoms with Crippen LogP contribution in [0.3, 0.4) is 0 Å². The molecule has 0 saturated carbocycles. The minimum absolute atomic E-state index is 0.0195. The summed E-state index contributed by atoms with van der Waals surface area (Å²) >= 11 is 1.53. The van der Waals surface area contributed by atoms with Crippen molar-refractivity contribution in [1.82, 2.24) is 20.9 Å². The lowest BCUT2D eigenvalue weighted by Gasteiger charge is -2.46. The van der Waals surface area contributed by atoms with Gasteiger partial charge >= 0.3 is 6.03 Å². The molecule has 9 nitrogen and oxygen atoms in total. The van der Waals surface area contributed by atoms with Crippen LogP contribution in [0.2, 0.25) is 0 Å². The number of amides is 3. The van der Waals surface area contributed by atoms with Gasteiger partial charge in [-0.15, -0.1) is 0 Å². The van der Waals surface area contributed by atoms with Gasteiger partial charge in [-0.3, -0.25) is 14.6 Å². The van der Waals surface area contributed by atoms with Crippen LogP contribution < -0.4 is 25.6 Å². The molecule has 0 aromatic heterocycles. The number of morpholine rings is 1. The van der Waals surface area contributed by atoms with Gasteiger partial charge in [0.05, 0.1) is 29.5 Å². The molecular weight excluding hydrogens is 502 g/mol. The molecule has 200 valence electrons. The highest BCUT2D eigenvalue weighted by Crippen LogP contribution is 2.48. The summed E-state index contributed by atoms with van der Waals surface area (Å²) in [5.74, 6) is 1.41. The maximum absolute atomic E-state index is 13.5. The van der Waals surface area contributed by atoms with Crippen LogP contribution in [-0.2, 0) is 9.53 Å². The third-order valence-electron chi connectivity index (χ3n) is 7.57. The minimum atomic E-state index is -0.192. The topological polar surface area (TPSA) is 95.2 Å². The molecule has 3 saturated heterocycles. The average molecular weight is 536 g/mol. The molecule has 6 rings (SSSR count). The molecule has 2 aromatic rings. The maximum atomic E-state index is 13.5. The second-order valence-electron chi connectivity index (χ2n) is 9.99. The summed E-state index contributed by atoms with van der Waals surface area (Å²) in [5, 5.41) is 9.78. The van der Waals surface area contributed by atoms with E-state index in [2.05, 4.69) is 20.9 Å². The number of carbonyl (C=O) groups is 2. The number of nitrogens with zero attached hydrogens (tertiary/aromatic N) is 2. The zero-order valence-electron chi connectivity index (χ0n) is 21.4. The number of urea groups is 1. The molecular formula is C28H33N5O4S. The largest absolute Gasteiger partial charge is 0.457 e. The Balaban J connectivity index is 1.18. The molecule has 3 amide bonds. The second-order valence-corrected chi connectivity index (χ2v) is 11.1. The Kier molecular flexibility index (Phi) is 7.29. The molecule has 0 bridgehead atoms. The summed E-state index contributed by atoms with van der Waals surface area (Å²) in [5.41, 5.74) is 2.58. The first-order chi connectivity index (χ1) is 18.6. The predicted octanol–water partition coefficient (Wildman–Crippen LogP) is 3.03.